The Labute approximate surface area is 109 Å². The summed E-state index contributed by atoms with van der Waals surface area (Å²) in [6.45, 7) is 5.74. The lowest BCUT2D eigenvalue weighted by molar-refractivity contribution is 0.291. The van der Waals surface area contributed by atoms with E-state index in [2.05, 4.69) is 0 Å². The zero-order chi connectivity index (χ0) is 13.8. The van der Waals surface area contributed by atoms with Gasteiger partial charge in [0.05, 0.1) is 11.4 Å². The molecular weight excluding hydrogens is 250 g/mol. The van der Waals surface area contributed by atoms with Crippen molar-refractivity contribution in [3.63, 3.8) is 0 Å². The van der Waals surface area contributed by atoms with E-state index in [1.807, 2.05) is 32.0 Å². The van der Waals surface area contributed by atoms with E-state index >= 15 is 0 Å². The molecule has 102 valence electrons. The molecule has 0 aromatic heterocycles. The summed E-state index contributed by atoms with van der Waals surface area (Å²) in [5.74, 6) is 0.0617. The topological polar surface area (TPSA) is 57.6 Å². The Morgan fingerprint density at radius 1 is 1.22 bits per heavy atom. The summed E-state index contributed by atoms with van der Waals surface area (Å²) in [4.78, 5) is 0. The summed E-state index contributed by atoms with van der Waals surface area (Å²) >= 11 is 0. The van der Waals surface area contributed by atoms with Gasteiger partial charge in [0.25, 0.3) is 0 Å². The van der Waals surface area contributed by atoms with Gasteiger partial charge in [-0.15, -0.1) is 0 Å². The van der Waals surface area contributed by atoms with E-state index in [9.17, 15) is 8.42 Å². The molecule has 1 aromatic rings. The molecule has 0 aliphatic rings. The molecule has 4 nitrogen and oxygen atoms in total. The molecule has 0 amide bonds. The first-order valence-corrected chi connectivity index (χ1v) is 7.72. The lowest BCUT2D eigenvalue weighted by atomic mass is 10.1. The van der Waals surface area contributed by atoms with E-state index < -0.39 is 10.0 Å². The molecule has 0 bridgehead atoms. The molecule has 0 heterocycles. The van der Waals surface area contributed by atoms with E-state index in [0.717, 1.165) is 16.8 Å². The largest absolute Gasteiger partial charge is 0.396 e. The summed E-state index contributed by atoms with van der Waals surface area (Å²) in [5.41, 5.74) is 2.61. The van der Waals surface area contributed by atoms with Crippen LogP contribution in [-0.4, -0.2) is 32.4 Å². The summed E-state index contributed by atoms with van der Waals surface area (Å²) in [6.07, 6.45) is 0.438. The molecule has 0 saturated heterocycles. The summed E-state index contributed by atoms with van der Waals surface area (Å²) in [6, 6.07) is 5.72. The molecule has 0 spiro atoms. The Morgan fingerprint density at radius 2 is 1.78 bits per heavy atom. The number of hydrogen-bond donors (Lipinski definition) is 1. The van der Waals surface area contributed by atoms with Gasteiger partial charge < -0.3 is 5.11 Å². The maximum Gasteiger partial charge on any atom is 0.234 e. The van der Waals surface area contributed by atoms with Crippen LogP contribution in [-0.2, 0) is 10.0 Å². The molecule has 0 aliphatic carbocycles. The molecule has 0 saturated carbocycles. The third-order valence-corrected chi connectivity index (χ3v) is 4.68. The van der Waals surface area contributed by atoms with E-state index in [1.165, 1.54) is 4.31 Å². The van der Waals surface area contributed by atoms with Gasteiger partial charge in [0, 0.05) is 13.2 Å². The van der Waals surface area contributed by atoms with Gasteiger partial charge in [-0.1, -0.05) is 18.2 Å². The third kappa shape index (κ3) is 3.23. The molecule has 0 unspecified atom stereocenters. The minimum absolute atomic E-state index is 0.0132. The van der Waals surface area contributed by atoms with Crippen LogP contribution in [0.5, 0.6) is 0 Å². The second kappa shape index (κ2) is 6.20. The van der Waals surface area contributed by atoms with Crippen molar-refractivity contribution in [2.24, 2.45) is 0 Å². The normalized spacial score (nSPS) is 11.6. The van der Waals surface area contributed by atoms with Crippen molar-refractivity contribution in [2.45, 2.75) is 27.2 Å². The minimum Gasteiger partial charge on any atom is -0.396 e. The number of rotatable bonds is 6. The number of benzene rings is 1. The highest BCUT2D eigenvalue weighted by atomic mass is 32.2. The van der Waals surface area contributed by atoms with Gasteiger partial charge in [0.1, 0.15) is 0 Å². The van der Waals surface area contributed by atoms with Crippen molar-refractivity contribution < 1.29 is 13.5 Å². The van der Waals surface area contributed by atoms with Gasteiger partial charge in [-0.3, -0.25) is 4.31 Å². The van der Waals surface area contributed by atoms with Crippen LogP contribution in [0.4, 0.5) is 5.69 Å². The van der Waals surface area contributed by atoms with Crippen LogP contribution in [0.3, 0.4) is 0 Å². The Balaban J connectivity index is 3.26. The standard InChI is InChI=1S/C13H21NO3S/c1-4-18(16,17)14(9-6-10-15)13-11(2)7-5-8-12(13)3/h5,7-8,15H,4,6,9-10H2,1-3H3. The van der Waals surface area contributed by atoms with Crippen molar-refractivity contribution in [1.29, 1.82) is 0 Å². The monoisotopic (exact) mass is 271 g/mol. The molecule has 5 heteroatoms. The fourth-order valence-corrected chi connectivity index (χ4v) is 3.24. The quantitative estimate of drug-likeness (QED) is 0.859. The number of hydrogen-bond acceptors (Lipinski definition) is 3. The average molecular weight is 271 g/mol. The molecule has 18 heavy (non-hydrogen) atoms. The van der Waals surface area contributed by atoms with Gasteiger partial charge in [0.2, 0.25) is 10.0 Å². The Morgan fingerprint density at radius 3 is 2.22 bits per heavy atom. The van der Waals surface area contributed by atoms with Crippen molar-refractivity contribution >= 4 is 15.7 Å². The number of anilines is 1. The first-order chi connectivity index (χ1) is 8.44. The second-order valence-electron chi connectivity index (χ2n) is 4.29. The van der Waals surface area contributed by atoms with Crippen LogP contribution >= 0.6 is 0 Å². The Kier molecular flexibility index (Phi) is 5.16. The lowest BCUT2D eigenvalue weighted by Crippen LogP contribution is -2.34. The first kappa shape index (κ1) is 15.0. The number of aliphatic hydroxyl groups is 1. The fourth-order valence-electron chi connectivity index (χ4n) is 1.96. The zero-order valence-electron chi connectivity index (χ0n) is 11.2. The molecule has 1 rings (SSSR count). The summed E-state index contributed by atoms with van der Waals surface area (Å²) in [7, 11) is -3.31. The highest BCUT2D eigenvalue weighted by Crippen LogP contribution is 2.27. The Hall–Kier alpha value is -1.07. The Bertz CT molecular complexity index is 477. The predicted octanol–water partition coefficient (Wildman–Crippen LogP) is 1.84. The van der Waals surface area contributed by atoms with Gasteiger partial charge >= 0.3 is 0 Å². The number of para-hydroxylation sites is 1. The summed E-state index contributed by atoms with van der Waals surface area (Å²) < 4.78 is 25.7. The van der Waals surface area contributed by atoms with Crippen LogP contribution < -0.4 is 4.31 Å². The number of nitrogens with zero attached hydrogens (tertiary/aromatic N) is 1. The zero-order valence-corrected chi connectivity index (χ0v) is 12.0. The number of aliphatic hydroxyl groups excluding tert-OH is 1. The highest BCUT2D eigenvalue weighted by molar-refractivity contribution is 7.92. The van der Waals surface area contributed by atoms with Gasteiger partial charge in [0.15, 0.2) is 0 Å². The maximum absolute atomic E-state index is 12.2. The van der Waals surface area contributed by atoms with E-state index in [1.54, 1.807) is 6.92 Å². The number of aryl methyl sites for hydroxylation is 2. The lowest BCUT2D eigenvalue weighted by Gasteiger charge is -2.26. The molecule has 0 aliphatic heterocycles. The van der Waals surface area contributed by atoms with Crippen molar-refractivity contribution in [2.75, 3.05) is 23.2 Å². The van der Waals surface area contributed by atoms with Crippen molar-refractivity contribution in [3.8, 4) is 0 Å². The van der Waals surface area contributed by atoms with Crippen molar-refractivity contribution in [3.05, 3.63) is 29.3 Å². The van der Waals surface area contributed by atoms with Crippen LogP contribution in [0.2, 0.25) is 0 Å². The highest BCUT2D eigenvalue weighted by Gasteiger charge is 2.22. The molecule has 0 atom stereocenters. The van der Waals surface area contributed by atoms with Crippen molar-refractivity contribution in [1.82, 2.24) is 0 Å². The van der Waals surface area contributed by atoms with Crippen LogP contribution in [0, 0.1) is 13.8 Å². The molecule has 1 N–H and O–H groups in total. The second-order valence-corrected chi connectivity index (χ2v) is 6.47. The summed E-state index contributed by atoms with van der Waals surface area (Å²) in [5, 5.41) is 8.92. The smallest absolute Gasteiger partial charge is 0.234 e. The maximum atomic E-state index is 12.2. The third-order valence-electron chi connectivity index (χ3n) is 2.91. The minimum atomic E-state index is -3.31. The van der Waals surface area contributed by atoms with Crippen LogP contribution in [0.1, 0.15) is 24.5 Å². The van der Waals surface area contributed by atoms with Crippen LogP contribution in [0.15, 0.2) is 18.2 Å². The molecule has 1 aromatic carbocycles. The first-order valence-electron chi connectivity index (χ1n) is 6.11. The molecule has 0 fully saturated rings. The fraction of sp³-hybridized carbons (Fsp3) is 0.538. The average Bonchev–Trinajstić information content (AvgIpc) is 2.32. The van der Waals surface area contributed by atoms with Gasteiger partial charge in [-0.25, -0.2) is 8.42 Å². The van der Waals surface area contributed by atoms with E-state index in [4.69, 9.17) is 5.11 Å². The molecule has 0 radical (unpaired) electrons. The SMILES string of the molecule is CCS(=O)(=O)N(CCCO)c1c(C)cccc1C. The van der Waals surface area contributed by atoms with Gasteiger partial charge in [-0.2, -0.15) is 0 Å². The predicted molar refractivity (Wildman–Crippen MR) is 74.4 cm³/mol. The van der Waals surface area contributed by atoms with Crippen LogP contribution in [0.25, 0.3) is 0 Å². The van der Waals surface area contributed by atoms with Gasteiger partial charge in [-0.05, 0) is 38.3 Å². The molecular formula is C13H21NO3S. The van der Waals surface area contributed by atoms with E-state index in [0.29, 0.717) is 13.0 Å². The van der Waals surface area contributed by atoms with E-state index in [-0.39, 0.29) is 12.4 Å². The number of sulfonamides is 1.